The van der Waals surface area contributed by atoms with Crippen molar-refractivity contribution in [1.29, 1.82) is 0 Å². The maximum atomic E-state index is 13.8. The predicted molar refractivity (Wildman–Crippen MR) is 75.8 cm³/mol. The van der Waals surface area contributed by atoms with Gasteiger partial charge in [-0.25, -0.2) is 14.2 Å². The summed E-state index contributed by atoms with van der Waals surface area (Å²) in [6.45, 7) is 1.89. The highest BCUT2D eigenvalue weighted by atomic mass is 19.1. The van der Waals surface area contributed by atoms with Crippen LogP contribution in [-0.4, -0.2) is 19.1 Å². The molecule has 1 aromatic carbocycles. The first-order valence-electron chi connectivity index (χ1n) is 6.38. The van der Waals surface area contributed by atoms with Crippen LogP contribution in [0.2, 0.25) is 0 Å². The van der Waals surface area contributed by atoms with E-state index < -0.39 is 11.2 Å². The van der Waals surface area contributed by atoms with E-state index in [0.717, 1.165) is 0 Å². The monoisotopic (exact) mass is 288 g/mol. The molecule has 1 N–H and O–H groups in total. The largest absolute Gasteiger partial charge is 0.329 e. The van der Waals surface area contributed by atoms with Gasteiger partial charge in [0.2, 0.25) is 0 Å². The minimum Gasteiger partial charge on any atom is -0.318 e. The fraction of sp³-hybridized carbons (Fsp3) is 0.214. The van der Waals surface area contributed by atoms with E-state index in [9.17, 15) is 14.0 Å². The number of benzene rings is 1. The maximum Gasteiger partial charge on any atom is 0.329 e. The summed E-state index contributed by atoms with van der Waals surface area (Å²) in [7, 11) is 1.53. The number of imidazole rings is 1. The van der Waals surface area contributed by atoms with E-state index in [-0.39, 0.29) is 23.5 Å². The molecule has 0 aliphatic carbocycles. The lowest BCUT2D eigenvalue weighted by atomic mass is 10.2. The van der Waals surface area contributed by atoms with E-state index in [1.54, 1.807) is 29.7 Å². The molecule has 0 spiro atoms. The molecule has 0 aliphatic heterocycles. The number of rotatable bonds is 2. The average molecular weight is 288 g/mol. The number of aromatic nitrogens is 4. The van der Waals surface area contributed by atoms with Gasteiger partial charge in [-0.2, -0.15) is 0 Å². The van der Waals surface area contributed by atoms with E-state index in [4.69, 9.17) is 0 Å². The minimum absolute atomic E-state index is 0.177. The summed E-state index contributed by atoms with van der Waals surface area (Å²) < 4.78 is 16.7. The highest BCUT2D eigenvalue weighted by molar-refractivity contribution is 5.70. The van der Waals surface area contributed by atoms with Crippen molar-refractivity contribution in [3.63, 3.8) is 0 Å². The van der Waals surface area contributed by atoms with Crippen LogP contribution in [0.15, 0.2) is 33.9 Å². The van der Waals surface area contributed by atoms with Crippen LogP contribution in [0.1, 0.15) is 11.4 Å². The van der Waals surface area contributed by atoms with Gasteiger partial charge in [-0.3, -0.25) is 14.3 Å². The first kappa shape index (κ1) is 13.3. The molecule has 108 valence electrons. The molecule has 0 aliphatic rings. The van der Waals surface area contributed by atoms with Crippen LogP contribution in [0.25, 0.3) is 11.2 Å². The van der Waals surface area contributed by atoms with Gasteiger partial charge in [0.15, 0.2) is 11.2 Å². The van der Waals surface area contributed by atoms with Gasteiger partial charge in [0.05, 0.1) is 6.54 Å². The van der Waals surface area contributed by atoms with Crippen molar-refractivity contribution in [3.8, 4) is 0 Å². The van der Waals surface area contributed by atoms with Crippen molar-refractivity contribution in [1.82, 2.24) is 19.1 Å². The molecule has 0 saturated heterocycles. The topological polar surface area (TPSA) is 72.7 Å². The lowest BCUT2D eigenvalue weighted by Gasteiger charge is -2.07. The molecule has 7 heteroatoms. The fourth-order valence-corrected chi connectivity index (χ4v) is 2.33. The number of nitrogens with one attached hydrogen (secondary N) is 1. The average Bonchev–Trinajstić information content (AvgIpc) is 2.77. The molecule has 21 heavy (non-hydrogen) atoms. The second-order valence-electron chi connectivity index (χ2n) is 4.83. The Morgan fingerprint density at radius 3 is 2.71 bits per heavy atom. The number of fused-ring (bicyclic) bond motifs is 1. The van der Waals surface area contributed by atoms with Gasteiger partial charge in [0, 0.05) is 12.6 Å². The van der Waals surface area contributed by atoms with Gasteiger partial charge in [0.25, 0.3) is 5.56 Å². The summed E-state index contributed by atoms with van der Waals surface area (Å²) in [6.07, 6.45) is 0. The Bertz CT molecular complexity index is 952. The third kappa shape index (κ3) is 2.06. The minimum atomic E-state index is -0.525. The molecule has 2 aromatic heterocycles. The Morgan fingerprint density at radius 1 is 1.29 bits per heavy atom. The van der Waals surface area contributed by atoms with E-state index in [2.05, 4.69) is 9.97 Å². The van der Waals surface area contributed by atoms with E-state index in [1.165, 1.54) is 17.7 Å². The molecule has 0 amide bonds. The Kier molecular flexibility index (Phi) is 2.97. The first-order valence-corrected chi connectivity index (χ1v) is 6.38. The molecule has 0 saturated carbocycles. The number of aryl methyl sites for hydroxylation is 2. The third-order valence-corrected chi connectivity index (χ3v) is 3.48. The predicted octanol–water partition coefficient (Wildman–Crippen LogP) is 0.919. The van der Waals surface area contributed by atoms with Crippen LogP contribution >= 0.6 is 0 Å². The number of hydrogen-bond acceptors (Lipinski definition) is 3. The van der Waals surface area contributed by atoms with Crippen LogP contribution < -0.4 is 11.2 Å². The van der Waals surface area contributed by atoms with E-state index in [1.807, 2.05) is 0 Å². The van der Waals surface area contributed by atoms with Crippen LogP contribution in [-0.2, 0) is 13.6 Å². The molecular weight excluding hydrogens is 275 g/mol. The van der Waals surface area contributed by atoms with Gasteiger partial charge in [0.1, 0.15) is 11.6 Å². The summed E-state index contributed by atoms with van der Waals surface area (Å²) in [5.74, 6) is 0.194. The Labute approximate surface area is 118 Å². The molecule has 0 bridgehead atoms. The number of H-pyrrole nitrogens is 1. The van der Waals surface area contributed by atoms with Gasteiger partial charge < -0.3 is 4.57 Å². The summed E-state index contributed by atoms with van der Waals surface area (Å²) >= 11 is 0. The summed E-state index contributed by atoms with van der Waals surface area (Å²) in [4.78, 5) is 30.1. The molecule has 0 fully saturated rings. The lowest BCUT2D eigenvalue weighted by Crippen LogP contribution is -2.29. The van der Waals surface area contributed by atoms with Crippen molar-refractivity contribution in [3.05, 3.63) is 62.3 Å². The lowest BCUT2D eigenvalue weighted by molar-refractivity contribution is 0.599. The maximum absolute atomic E-state index is 13.8. The molecular formula is C14H13FN4O2. The molecule has 0 radical (unpaired) electrons. The molecule has 0 unspecified atom stereocenters. The van der Waals surface area contributed by atoms with Gasteiger partial charge in [-0.1, -0.05) is 18.2 Å². The van der Waals surface area contributed by atoms with Gasteiger partial charge in [-0.15, -0.1) is 0 Å². The molecule has 3 aromatic rings. The zero-order valence-corrected chi connectivity index (χ0v) is 11.6. The van der Waals surface area contributed by atoms with Crippen molar-refractivity contribution >= 4 is 11.2 Å². The summed E-state index contributed by atoms with van der Waals surface area (Å²) in [5.41, 5.74) is -0.0447. The Balaban J connectivity index is 2.27. The molecule has 0 atom stereocenters. The van der Waals surface area contributed by atoms with Crippen LogP contribution in [0.5, 0.6) is 0 Å². The summed E-state index contributed by atoms with van der Waals surface area (Å²) in [5, 5.41) is 0. The number of nitrogens with zero attached hydrogens (tertiary/aromatic N) is 3. The number of halogens is 1. The Hall–Kier alpha value is -2.70. The Morgan fingerprint density at radius 2 is 2.00 bits per heavy atom. The normalized spacial score (nSPS) is 11.2. The second kappa shape index (κ2) is 4.69. The van der Waals surface area contributed by atoms with Crippen molar-refractivity contribution < 1.29 is 4.39 Å². The van der Waals surface area contributed by atoms with Crippen molar-refractivity contribution in [2.24, 2.45) is 7.05 Å². The smallest absolute Gasteiger partial charge is 0.318 e. The molecule has 2 heterocycles. The SMILES string of the molecule is Cc1nc2c(c(=O)[nH]c(=O)n2C)n1Cc1ccccc1F. The number of hydrogen-bond donors (Lipinski definition) is 1. The second-order valence-corrected chi connectivity index (χ2v) is 4.83. The van der Waals surface area contributed by atoms with Crippen LogP contribution in [0.4, 0.5) is 4.39 Å². The highest BCUT2D eigenvalue weighted by Gasteiger charge is 2.15. The zero-order valence-electron chi connectivity index (χ0n) is 11.6. The first-order chi connectivity index (χ1) is 9.99. The van der Waals surface area contributed by atoms with Crippen LogP contribution in [0.3, 0.4) is 0 Å². The zero-order chi connectivity index (χ0) is 15.1. The molecule has 6 nitrogen and oxygen atoms in total. The highest BCUT2D eigenvalue weighted by Crippen LogP contribution is 2.14. The van der Waals surface area contributed by atoms with Crippen LogP contribution in [0, 0.1) is 12.7 Å². The summed E-state index contributed by atoms with van der Waals surface area (Å²) in [6, 6.07) is 6.35. The van der Waals surface area contributed by atoms with Crippen molar-refractivity contribution in [2.45, 2.75) is 13.5 Å². The molecule has 3 rings (SSSR count). The number of aromatic amines is 1. The fourth-order valence-electron chi connectivity index (χ4n) is 2.33. The quantitative estimate of drug-likeness (QED) is 0.762. The third-order valence-electron chi connectivity index (χ3n) is 3.48. The van der Waals surface area contributed by atoms with Crippen molar-refractivity contribution in [2.75, 3.05) is 0 Å². The van der Waals surface area contributed by atoms with Gasteiger partial charge >= 0.3 is 5.69 Å². The van der Waals surface area contributed by atoms with E-state index in [0.29, 0.717) is 11.4 Å². The standard InChI is InChI=1S/C14H13FN4O2/c1-8-16-12-11(13(20)17-14(21)18(12)2)19(8)7-9-5-3-4-6-10(9)15/h3-6H,7H2,1-2H3,(H,17,20,21). The van der Waals surface area contributed by atoms with E-state index >= 15 is 0 Å². The van der Waals surface area contributed by atoms with Gasteiger partial charge in [-0.05, 0) is 13.0 Å².